The van der Waals surface area contributed by atoms with E-state index in [1.165, 1.54) is 5.56 Å². The quantitative estimate of drug-likeness (QED) is 0.246. The zero-order valence-electron chi connectivity index (χ0n) is 20.0. The Morgan fingerprint density at radius 2 is 1.88 bits per heavy atom. The number of anilines is 1. The van der Waals surface area contributed by atoms with E-state index in [9.17, 15) is 4.79 Å². The van der Waals surface area contributed by atoms with Crippen molar-refractivity contribution < 1.29 is 4.79 Å². The van der Waals surface area contributed by atoms with Gasteiger partial charge >= 0.3 is 0 Å². The summed E-state index contributed by atoms with van der Waals surface area (Å²) in [5, 5.41) is 9.97. The standard InChI is InChI=1S/C26H37N5O.HI/c1-4-9-25(32)29-23-13-8-12-22(17-23)18-28-26(27-3)30-24-14-15-31(20(2)16-24)19-21-10-6-5-7-11-21;/h5-8,10-13,17,20,24H,4,9,14-16,18-19H2,1-3H3,(H,29,32)(H2,27,28,30);1H. The van der Waals surface area contributed by atoms with Crippen LogP contribution in [0.2, 0.25) is 0 Å². The SMILES string of the molecule is CCCC(=O)Nc1cccc(CNC(=NC)NC2CCN(Cc3ccccc3)C(C)C2)c1.I. The monoisotopic (exact) mass is 563 g/mol. The molecule has 0 aromatic heterocycles. The Balaban J connectivity index is 0.00000385. The minimum Gasteiger partial charge on any atom is -0.354 e. The molecule has 1 fully saturated rings. The van der Waals surface area contributed by atoms with Crippen molar-refractivity contribution >= 4 is 41.5 Å². The molecule has 1 aliphatic heterocycles. The van der Waals surface area contributed by atoms with Crippen LogP contribution in [0, 0.1) is 0 Å². The van der Waals surface area contributed by atoms with Crippen molar-refractivity contribution in [2.24, 2.45) is 4.99 Å². The summed E-state index contributed by atoms with van der Waals surface area (Å²) in [6.45, 7) is 7.05. The molecule has 2 unspecified atom stereocenters. The number of hydrogen-bond donors (Lipinski definition) is 3. The molecule has 2 atom stereocenters. The largest absolute Gasteiger partial charge is 0.354 e. The molecule has 0 saturated carbocycles. The van der Waals surface area contributed by atoms with Crippen LogP contribution in [0.15, 0.2) is 59.6 Å². The number of benzene rings is 2. The lowest BCUT2D eigenvalue weighted by Crippen LogP contribution is -2.51. The summed E-state index contributed by atoms with van der Waals surface area (Å²) >= 11 is 0. The first-order chi connectivity index (χ1) is 15.6. The van der Waals surface area contributed by atoms with Crippen LogP contribution < -0.4 is 16.0 Å². The average molecular weight is 564 g/mol. The number of nitrogens with one attached hydrogen (secondary N) is 3. The third kappa shape index (κ3) is 8.97. The zero-order chi connectivity index (χ0) is 22.8. The first kappa shape index (κ1) is 27.1. The summed E-state index contributed by atoms with van der Waals surface area (Å²) in [4.78, 5) is 18.8. The maximum absolute atomic E-state index is 11.9. The number of guanidine groups is 1. The van der Waals surface area contributed by atoms with E-state index in [0.29, 0.717) is 25.0 Å². The number of aliphatic imine (C=N–C) groups is 1. The summed E-state index contributed by atoms with van der Waals surface area (Å²) in [5.74, 6) is 0.877. The Kier molecular flexibility index (Phi) is 11.7. The van der Waals surface area contributed by atoms with Crippen LogP contribution in [0.25, 0.3) is 0 Å². The van der Waals surface area contributed by atoms with Crippen molar-refractivity contribution in [3.63, 3.8) is 0 Å². The highest BCUT2D eigenvalue weighted by Crippen LogP contribution is 2.20. The van der Waals surface area contributed by atoms with Crippen molar-refractivity contribution in [1.29, 1.82) is 0 Å². The third-order valence-corrected chi connectivity index (χ3v) is 5.95. The fourth-order valence-electron chi connectivity index (χ4n) is 4.19. The maximum atomic E-state index is 11.9. The number of likely N-dealkylation sites (tertiary alicyclic amines) is 1. The first-order valence-corrected chi connectivity index (χ1v) is 11.7. The molecule has 0 aliphatic carbocycles. The molecule has 1 amide bonds. The predicted molar refractivity (Wildman–Crippen MR) is 148 cm³/mol. The van der Waals surface area contributed by atoms with E-state index < -0.39 is 0 Å². The summed E-state index contributed by atoms with van der Waals surface area (Å²) in [7, 11) is 1.81. The van der Waals surface area contributed by atoms with Gasteiger partial charge in [-0.15, -0.1) is 24.0 Å². The second-order valence-corrected chi connectivity index (χ2v) is 8.60. The second-order valence-electron chi connectivity index (χ2n) is 8.60. The van der Waals surface area contributed by atoms with Crippen LogP contribution in [0.5, 0.6) is 0 Å². The fourth-order valence-corrected chi connectivity index (χ4v) is 4.19. The van der Waals surface area contributed by atoms with E-state index in [1.54, 1.807) is 0 Å². The van der Waals surface area contributed by atoms with Gasteiger partial charge in [0, 0.05) is 50.9 Å². The number of amides is 1. The van der Waals surface area contributed by atoms with Crippen LogP contribution in [0.4, 0.5) is 5.69 Å². The van der Waals surface area contributed by atoms with Gasteiger partial charge in [-0.3, -0.25) is 14.7 Å². The summed E-state index contributed by atoms with van der Waals surface area (Å²) in [6.07, 6.45) is 3.57. The van der Waals surface area contributed by atoms with Gasteiger partial charge in [0.2, 0.25) is 5.91 Å². The highest BCUT2D eigenvalue weighted by molar-refractivity contribution is 14.0. The van der Waals surface area contributed by atoms with Gasteiger partial charge in [-0.05, 0) is 49.4 Å². The number of carbonyl (C=O) groups excluding carboxylic acids is 1. The highest BCUT2D eigenvalue weighted by Gasteiger charge is 2.25. The van der Waals surface area contributed by atoms with Gasteiger partial charge in [-0.2, -0.15) is 0 Å². The number of rotatable bonds is 8. The topological polar surface area (TPSA) is 68.8 Å². The Hall–Kier alpha value is -2.13. The minimum absolute atomic E-state index is 0. The molecule has 3 rings (SSSR count). The average Bonchev–Trinajstić information content (AvgIpc) is 2.79. The van der Waals surface area contributed by atoms with Crippen molar-refractivity contribution in [3.8, 4) is 0 Å². The number of carbonyl (C=O) groups is 1. The van der Waals surface area contributed by atoms with E-state index in [-0.39, 0.29) is 29.9 Å². The molecule has 6 nitrogen and oxygen atoms in total. The summed E-state index contributed by atoms with van der Waals surface area (Å²) in [6, 6.07) is 19.6. The summed E-state index contributed by atoms with van der Waals surface area (Å²) in [5.41, 5.74) is 3.31. The van der Waals surface area contributed by atoms with Gasteiger partial charge < -0.3 is 16.0 Å². The van der Waals surface area contributed by atoms with Gasteiger partial charge in [0.05, 0.1) is 0 Å². The van der Waals surface area contributed by atoms with Crippen molar-refractivity contribution in [2.45, 2.75) is 64.7 Å². The molecular formula is C26H38IN5O. The van der Waals surface area contributed by atoms with Gasteiger partial charge in [-0.25, -0.2) is 0 Å². The van der Waals surface area contributed by atoms with Gasteiger partial charge in [0.1, 0.15) is 0 Å². The van der Waals surface area contributed by atoms with Crippen molar-refractivity contribution in [1.82, 2.24) is 15.5 Å². The molecule has 180 valence electrons. The molecule has 3 N–H and O–H groups in total. The van der Waals surface area contributed by atoms with Crippen LogP contribution >= 0.6 is 24.0 Å². The molecule has 2 aromatic rings. The van der Waals surface area contributed by atoms with Crippen LogP contribution in [0.1, 0.15) is 50.7 Å². The normalized spacial score (nSPS) is 18.8. The van der Waals surface area contributed by atoms with E-state index in [2.05, 4.69) is 69.2 Å². The zero-order valence-corrected chi connectivity index (χ0v) is 22.3. The predicted octanol–water partition coefficient (Wildman–Crippen LogP) is 4.76. The van der Waals surface area contributed by atoms with Crippen LogP contribution in [-0.4, -0.2) is 42.4 Å². The molecular weight excluding hydrogens is 525 g/mol. The number of piperidine rings is 1. The number of halogens is 1. The van der Waals surface area contributed by atoms with Gasteiger partial charge in [-0.1, -0.05) is 49.4 Å². The van der Waals surface area contributed by atoms with Gasteiger partial charge in [0.25, 0.3) is 0 Å². The molecule has 1 heterocycles. The smallest absolute Gasteiger partial charge is 0.224 e. The number of nitrogens with zero attached hydrogens (tertiary/aromatic N) is 2. The van der Waals surface area contributed by atoms with E-state index in [0.717, 1.165) is 49.6 Å². The molecule has 1 aliphatic rings. The van der Waals surface area contributed by atoms with Crippen LogP contribution in [-0.2, 0) is 17.9 Å². The minimum atomic E-state index is 0. The summed E-state index contributed by atoms with van der Waals surface area (Å²) < 4.78 is 0. The maximum Gasteiger partial charge on any atom is 0.224 e. The lowest BCUT2D eigenvalue weighted by molar-refractivity contribution is -0.116. The van der Waals surface area contributed by atoms with E-state index >= 15 is 0 Å². The molecule has 2 aromatic carbocycles. The first-order valence-electron chi connectivity index (χ1n) is 11.7. The second kappa shape index (κ2) is 14.2. The Morgan fingerprint density at radius 3 is 2.58 bits per heavy atom. The fraction of sp³-hybridized carbons (Fsp3) is 0.462. The molecule has 7 heteroatoms. The molecule has 0 bridgehead atoms. The van der Waals surface area contributed by atoms with Gasteiger partial charge in [0.15, 0.2) is 5.96 Å². The molecule has 1 saturated heterocycles. The van der Waals surface area contributed by atoms with E-state index in [1.807, 2.05) is 32.2 Å². The van der Waals surface area contributed by atoms with Crippen LogP contribution in [0.3, 0.4) is 0 Å². The Morgan fingerprint density at radius 1 is 1.12 bits per heavy atom. The molecule has 33 heavy (non-hydrogen) atoms. The number of hydrogen-bond acceptors (Lipinski definition) is 3. The molecule has 0 radical (unpaired) electrons. The van der Waals surface area contributed by atoms with Crippen molar-refractivity contribution in [3.05, 3.63) is 65.7 Å². The molecule has 0 spiro atoms. The van der Waals surface area contributed by atoms with E-state index in [4.69, 9.17) is 0 Å². The lowest BCUT2D eigenvalue weighted by atomic mass is 9.97. The Bertz CT molecular complexity index is 889. The third-order valence-electron chi connectivity index (χ3n) is 5.95. The van der Waals surface area contributed by atoms with Crippen molar-refractivity contribution in [2.75, 3.05) is 18.9 Å². The highest BCUT2D eigenvalue weighted by atomic mass is 127. The Labute approximate surface area is 215 Å². The lowest BCUT2D eigenvalue weighted by Gasteiger charge is -2.38.